The van der Waals surface area contributed by atoms with Gasteiger partial charge in [-0.05, 0) is 59.9 Å². The van der Waals surface area contributed by atoms with Crippen LogP contribution in [0.4, 0.5) is 0 Å². The average molecular weight is 365 g/mol. The quantitative estimate of drug-likeness (QED) is 0.406. The Balaban J connectivity index is 1.73. The summed E-state index contributed by atoms with van der Waals surface area (Å²) >= 11 is 1.39. The molecular weight excluding hydrogens is 346 g/mol. The summed E-state index contributed by atoms with van der Waals surface area (Å²) in [7, 11) is 0. The summed E-state index contributed by atoms with van der Waals surface area (Å²) in [5, 5.41) is 11.1. The molecule has 0 N–H and O–H groups in total. The van der Waals surface area contributed by atoms with Crippen LogP contribution < -0.4 is 4.74 Å². The van der Waals surface area contributed by atoms with Crippen molar-refractivity contribution in [2.75, 3.05) is 0 Å². The predicted octanol–water partition coefficient (Wildman–Crippen LogP) is 5.86. The van der Waals surface area contributed by atoms with E-state index in [0.29, 0.717) is 6.61 Å². The minimum Gasteiger partial charge on any atom is -0.479 e. The Morgan fingerprint density at radius 3 is 2.54 bits per heavy atom. The van der Waals surface area contributed by atoms with E-state index in [-0.39, 0.29) is 0 Å². The lowest BCUT2D eigenvalue weighted by molar-refractivity contribution is -0.400. The Hall–Kier alpha value is -2.92. The molecule has 0 radical (unpaired) electrons. The molecule has 5 heteroatoms. The van der Waals surface area contributed by atoms with Gasteiger partial charge in [-0.1, -0.05) is 47.7 Å². The number of benzene rings is 2. The van der Waals surface area contributed by atoms with Crippen LogP contribution in [0.1, 0.15) is 21.6 Å². The van der Waals surface area contributed by atoms with Gasteiger partial charge in [-0.3, -0.25) is 10.1 Å². The summed E-state index contributed by atoms with van der Waals surface area (Å²) in [6, 6.07) is 18.3. The van der Waals surface area contributed by atoms with Gasteiger partial charge in [-0.25, -0.2) is 0 Å². The highest BCUT2D eigenvalue weighted by atomic mass is 32.1. The topological polar surface area (TPSA) is 52.4 Å². The molecule has 0 aliphatic carbocycles. The van der Waals surface area contributed by atoms with E-state index in [1.807, 2.05) is 24.3 Å². The third-order valence-corrected chi connectivity index (χ3v) is 5.00. The summed E-state index contributed by atoms with van der Waals surface area (Å²) in [4.78, 5) is 10.7. The van der Waals surface area contributed by atoms with Gasteiger partial charge >= 0.3 is 0 Å². The van der Waals surface area contributed by atoms with Crippen LogP contribution in [-0.4, -0.2) is 4.92 Å². The van der Waals surface area contributed by atoms with Crippen molar-refractivity contribution in [1.82, 2.24) is 0 Å². The van der Waals surface area contributed by atoms with Crippen LogP contribution in [0.25, 0.3) is 17.2 Å². The highest BCUT2D eigenvalue weighted by molar-refractivity contribution is 7.14. The van der Waals surface area contributed by atoms with E-state index in [1.165, 1.54) is 39.7 Å². The van der Waals surface area contributed by atoms with Crippen molar-refractivity contribution in [3.05, 3.63) is 92.5 Å². The molecule has 0 atom stereocenters. The maximum Gasteiger partial charge on any atom is 0.235 e. The number of hydrogen-bond acceptors (Lipinski definition) is 4. The first-order valence-electron chi connectivity index (χ1n) is 8.23. The number of nitro groups is 1. The fourth-order valence-electron chi connectivity index (χ4n) is 2.88. The van der Waals surface area contributed by atoms with Crippen molar-refractivity contribution in [3.8, 4) is 16.2 Å². The van der Waals surface area contributed by atoms with Crippen LogP contribution in [-0.2, 0) is 6.61 Å². The molecule has 0 aliphatic rings. The average Bonchev–Trinajstić information content (AvgIpc) is 3.06. The smallest absolute Gasteiger partial charge is 0.235 e. The largest absolute Gasteiger partial charge is 0.479 e. The van der Waals surface area contributed by atoms with E-state index >= 15 is 0 Å². The summed E-state index contributed by atoms with van der Waals surface area (Å²) in [6.45, 7) is 4.70. The second kappa shape index (κ2) is 7.97. The monoisotopic (exact) mass is 365 g/mol. The molecular formula is C21H19NO3S. The second-order valence-corrected chi connectivity index (χ2v) is 7.09. The molecule has 0 saturated carbocycles. The first kappa shape index (κ1) is 17.9. The standard InChI is InChI=1S/C21H19NO3S/c1-15-5-3-6-16(2)21(15)18-8-4-7-17(13-18)14-25-20-10-9-19(26-20)11-12-22(23)24/h3-13H,14H2,1-2H3/b12-11+. The summed E-state index contributed by atoms with van der Waals surface area (Å²) in [5.74, 6) is 0. The third-order valence-electron chi connectivity index (χ3n) is 4.04. The van der Waals surface area contributed by atoms with Crippen molar-refractivity contribution in [3.63, 3.8) is 0 Å². The Labute approximate surface area is 156 Å². The van der Waals surface area contributed by atoms with Crippen LogP contribution in [0.15, 0.2) is 60.8 Å². The van der Waals surface area contributed by atoms with Gasteiger partial charge in [0.15, 0.2) is 5.06 Å². The lowest BCUT2D eigenvalue weighted by Gasteiger charge is -2.11. The first-order chi connectivity index (χ1) is 12.5. The molecule has 0 amide bonds. The zero-order valence-electron chi connectivity index (χ0n) is 14.6. The van der Waals surface area contributed by atoms with E-state index in [9.17, 15) is 10.1 Å². The molecule has 0 unspecified atom stereocenters. The molecule has 3 aromatic rings. The Kier molecular flexibility index (Phi) is 5.49. The fourth-order valence-corrected chi connectivity index (χ4v) is 3.63. The second-order valence-electron chi connectivity index (χ2n) is 6.01. The molecule has 4 nitrogen and oxygen atoms in total. The zero-order valence-corrected chi connectivity index (χ0v) is 15.5. The molecule has 26 heavy (non-hydrogen) atoms. The third kappa shape index (κ3) is 4.37. The van der Waals surface area contributed by atoms with Gasteiger partial charge in [0.25, 0.3) is 0 Å². The number of ether oxygens (including phenoxy) is 1. The van der Waals surface area contributed by atoms with Crippen LogP contribution in [0.5, 0.6) is 5.06 Å². The molecule has 0 aliphatic heterocycles. The highest BCUT2D eigenvalue weighted by Crippen LogP contribution is 2.29. The molecule has 132 valence electrons. The minimum absolute atomic E-state index is 0.456. The first-order valence-corrected chi connectivity index (χ1v) is 9.04. The molecule has 3 rings (SSSR count). The molecule has 0 bridgehead atoms. The van der Waals surface area contributed by atoms with Crippen molar-refractivity contribution in [1.29, 1.82) is 0 Å². The van der Waals surface area contributed by atoms with Crippen molar-refractivity contribution < 1.29 is 9.66 Å². The molecule has 0 saturated heterocycles. The Morgan fingerprint density at radius 2 is 1.81 bits per heavy atom. The van der Waals surface area contributed by atoms with Crippen LogP contribution in [0, 0.1) is 24.0 Å². The number of aryl methyl sites for hydroxylation is 2. The summed E-state index contributed by atoms with van der Waals surface area (Å²) < 4.78 is 5.85. The van der Waals surface area contributed by atoms with Gasteiger partial charge in [0.2, 0.25) is 6.20 Å². The Bertz CT molecular complexity index is 939. The zero-order chi connectivity index (χ0) is 18.5. The van der Waals surface area contributed by atoms with Crippen molar-refractivity contribution in [2.45, 2.75) is 20.5 Å². The lowest BCUT2D eigenvalue weighted by Crippen LogP contribution is -1.95. The fraction of sp³-hybridized carbons (Fsp3) is 0.143. The van der Waals surface area contributed by atoms with E-state index in [4.69, 9.17) is 4.74 Å². The maximum absolute atomic E-state index is 10.4. The molecule has 2 aromatic carbocycles. The molecule has 1 aromatic heterocycles. The molecule has 1 heterocycles. The van der Waals surface area contributed by atoms with E-state index in [1.54, 1.807) is 0 Å². The lowest BCUT2D eigenvalue weighted by atomic mass is 9.95. The van der Waals surface area contributed by atoms with E-state index in [0.717, 1.165) is 21.7 Å². The van der Waals surface area contributed by atoms with Crippen LogP contribution >= 0.6 is 11.3 Å². The van der Waals surface area contributed by atoms with Crippen LogP contribution in [0.3, 0.4) is 0 Å². The predicted molar refractivity (Wildman–Crippen MR) is 106 cm³/mol. The summed E-state index contributed by atoms with van der Waals surface area (Å²) in [6.07, 6.45) is 2.41. The number of thiophene rings is 1. The van der Waals surface area contributed by atoms with Gasteiger partial charge in [0.1, 0.15) is 6.61 Å². The van der Waals surface area contributed by atoms with Gasteiger partial charge in [-0.2, -0.15) is 0 Å². The van der Waals surface area contributed by atoms with Gasteiger partial charge in [0, 0.05) is 11.0 Å². The molecule has 0 spiro atoms. The highest BCUT2D eigenvalue weighted by Gasteiger charge is 2.07. The normalized spacial score (nSPS) is 11.0. The number of rotatable bonds is 6. The van der Waals surface area contributed by atoms with Gasteiger partial charge < -0.3 is 4.74 Å². The number of nitrogens with zero attached hydrogens (tertiary/aromatic N) is 1. The summed E-state index contributed by atoms with van der Waals surface area (Å²) in [5.41, 5.74) is 6.04. The number of hydrogen-bond donors (Lipinski definition) is 0. The molecule has 0 fully saturated rings. The maximum atomic E-state index is 10.4. The van der Waals surface area contributed by atoms with E-state index < -0.39 is 4.92 Å². The van der Waals surface area contributed by atoms with Gasteiger partial charge in [-0.15, -0.1) is 0 Å². The minimum atomic E-state index is -0.473. The van der Waals surface area contributed by atoms with E-state index in [2.05, 4.69) is 44.2 Å². The van der Waals surface area contributed by atoms with Crippen molar-refractivity contribution in [2.24, 2.45) is 0 Å². The SMILES string of the molecule is Cc1cccc(C)c1-c1cccc(COc2ccc(/C=C/[N+](=O)[O-])s2)c1. The van der Waals surface area contributed by atoms with Crippen LogP contribution in [0.2, 0.25) is 0 Å². The Morgan fingerprint density at radius 1 is 1.08 bits per heavy atom. The van der Waals surface area contributed by atoms with Crippen molar-refractivity contribution >= 4 is 17.4 Å². The van der Waals surface area contributed by atoms with Gasteiger partial charge in [0.05, 0.1) is 4.92 Å².